The molecular weight excluding hydrogens is 222 g/mol. The second-order valence-electron chi connectivity index (χ2n) is 5.16. The third-order valence-electron chi connectivity index (χ3n) is 4.11. The van der Waals surface area contributed by atoms with Crippen molar-refractivity contribution >= 4 is 5.91 Å². The third kappa shape index (κ3) is 2.33. The number of benzene rings is 1. The minimum atomic E-state index is 0.0916. The lowest BCUT2D eigenvalue weighted by atomic mass is 9.78. The predicted molar refractivity (Wildman–Crippen MR) is 74.3 cm³/mol. The quantitative estimate of drug-likeness (QED) is 0.746. The first-order valence-electron chi connectivity index (χ1n) is 6.57. The first kappa shape index (κ1) is 12.9. The first-order chi connectivity index (χ1) is 8.65. The summed E-state index contributed by atoms with van der Waals surface area (Å²) in [7, 11) is 1.91. The van der Waals surface area contributed by atoms with Gasteiger partial charge in [-0.3, -0.25) is 4.79 Å². The molecule has 1 heterocycles. The third-order valence-corrected chi connectivity index (χ3v) is 4.11. The van der Waals surface area contributed by atoms with Crippen LogP contribution in [0.1, 0.15) is 31.2 Å². The summed E-state index contributed by atoms with van der Waals surface area (Å²) < 4.78 is 0. The number of hydrogen-bond donors (Lipinski definition) is 0. The number of nitrogens with zero attached hydrogens (tertiary/aromatic N) is 1. The lowest BCUT2D eigenvalue weighted by Gasteiger charge is -2.41. The first-order valence-corrected chi connectivity index (χ1v) is 6.57. The number of carbonyl (C=O) groups excluding carboxylic acids is 1. The number of piperidine rings is 1. The Labute approximate surface area is 109 Å². The molecule has 0 N–H and O–H groups in total. The maximum atomic E-state index is 12.2. The maximum Gasteiger partial charge on any atom is 0.226 e. The molecule has 1 fully saturated rings. The summed E-state index contributed by atoms with van der Waals surface area (Å²) in [6.07, 6.45) is 3.56. The number of likely N-dealkylation sites (tertiary alicyclic amines) is 1. The Kier molecular flexibility index (Phi) is 3.85. The Bertz CT molecular complexity index is 426. The molecule has 0 radical (unpaired) electrons. The van der Waals surface area contributed by atoms with Gasteiger partial charge < -0.3 is 4.90 Å². The van der Waals surface area contributed by atoms with E-state index in [1.54, 1.807) is 0 Å². The van der Waals surface area contributed by atoms with Gasteiger partial charge in [-0.2, -0.15) is 0 Å². The van der Waals surface area contributed by atoms with Gasteiger partial charge in [0.1, 0.15) is 0 Å². The summed E-state index contributed by atoms with van der Waals surface area (Å²) in [6, 6.07) is 10.8. The molecule has 3 unspecified atom stereocenters. The molecule has 1 saturated heterocycles. The van der Waals surface area contributed by atoms with Crippen LogP contribution in [0.2, 0.25) is 0 Å². The van der Waals surface area contributed by atoms with Gasteiger partial charge in [0.2, 0.25) is 5.91 Å². The van der Waals surface area contributed by atoms with E-state index < -0.39 is 0 Å². The van der Waals surface area contributed by atoms with Gasteiger partial charge >= 0.3 is 0 Å². The van der Waals surface area contributed by atoms with Crippen molar-refractivity contribution < 1.29 is 4.79 Å². The fourth-order valence-electron chi connectivity index (χ4n) is 2.88. The second-order valence-corrected chi connectivity index (χ2v) is 5.16. The van der Waals surface area contributed by atoms with E-state index in [0.717, 1.165) is 12.8 Å². The van der Waals surface area contributed by atoms with E-state index in [9.17, 15) is 4.79 Å². The largest absolute Gasteiger partial charge is 0.342 e. The van der Waals surface area contributed by atoms with Gasteiger partial charge in [-0.05, 0) is 25.3 Å². The normalized spacial score (nSPS) is 28.2. The molecule has 2 heteroatoms. The number of hydrogen-bond acceptors (Lipinski definition) is 1. The van der Waals surface area contributed by atoms with Crippen molar-refractivity contribution in [3.63, 3.8) is 0 Å². The van der Waals surface area contributed by atoms with E-state index in [1.807, 2.05) is 24.1 Å². The van der Waals surface area contributed by atoms with Crippen molar-refractivity contribution in [3.8, 4) is 0 Å². The fraction of sp³-hybridized carbons (Fsp3) is 0.438. The van der Waals surface area contributed by atoms with Crippen LogP contribution in [0.3, 0.4) is 0 Å². The van der Waals surface area contributed by atoms with Crippen LogP contribution in [-0.4, -0.2) is 23.9 Å². The van der Waals surface area contributed by atoms with E-state index in [-0.39, 0.29) is 17.9 Å². The van der Waals surface area contributed by atoms with Crippen LogP contribution >= 0.6 is 0 Å². The molecule has 0 bridgehead atoms. The summed E-state index contributed by atoms with van der Waals surface area (Å²) in [5.74, 6) is 0.780. The average Bonchev–Trinajstić information content (AvgIpc) is 2.40. The van der Waals surface area contributed by atoms with Crippen molar-refractivity contribution in [3.05, 3.63) is 48.6 Å². The van der Waals surface area contributed by atoms with E-state index in [0.29, 0.717) is 5.92 Å². The van der Waals surface area contributed by atoms with E-state index in [1.165, 1.54) is 5.56 Å². The maximum absolute atomic E-state index is 12.2. The number of likely N-dealkylation sites (N-methyl/N-ethyl adjacent to an activating group) is 1. The van der Waals surface area contributed by atoms with Crippen LogP contribution in [0, 0.1) is 5.92 Å². The molecule has 3 atom stereocenters. The van der Waals surface area contributed by atoms with Crippen LogP contribution in [0.5, 0.6) is 0 Å². The Morgan fingerprint density at radius 3 is 2.67 bits per heavy atom. The Morgan fingerprint density at radius 1 is 1.39 bits per heavy atom. The zero-order chi connectivity index (χ0) is 13.1. The Hall–Kier alpha value is -1.57. The summed E-state index contributed by atoms with van der Waals surface area (Å²) >= 11 is 0. The van der Waals surface area contributed by atoms with Crippen molar-refractivity contribution in [2.24, 2.45) is 5.92 Å². The number of carbonyl (C=O) groups is 1. The van der Waals surface area contributed by atoms with Gasteiger partial charge in [-0.1, -0.05) is 36.4 Å². The summed E-state index contributed by atoms with van der Waals surface area (Å²) in [5, 5.41) is 0. The monoisotopic (exact) mass is 243 g/mol. The SMILES string of the molecule is C=CCC1CC(c2ccccc2)C(C)N(C)C1=O. The second kappa shape index (κ2) is 5.38. The molecule has 96 valence electrons. The molecule has 1 aliphatic rings. The molecular formula is C16H21NO. The summed E-state index contributed by atoms with van der Waals surface area (Å²) in [6.45, 7) is 5.90. The smallest absolute Gasteiger partial charge is 0.226 e. The molecule has 0 saturated carbocycles. The van der Waals surface area contributed by atoms with Crippen LogP contribution in [0.25, 0.3) is 0 Å². The van der Waals surface area contributed by atoms with Gasteiger partial charge in [0, 0.05) is 24.9 Å². The van der Waals surface area contributed by atoms with Gasteiger partial charge in [0.15, 0.2) is 0 Å². The summed E-state index contributed by atoms with van der Waals surface area (Å²) in [5.41, 5.74) is 1.33. The van der Waals surface area contributed by atoms with Gasteiger partial charge in [-0.15, -0.1) is 6.58 Å². The topological polar surface area (TPSA) is 20.3 Å². The molecule has 1 aliphatic heterocycles. The average molecular weight is 243 g/mol. The van der Waals surface area contributed by atoms with E-state index in [2.05, 4.69) is 37.8 Å². The highest BCUT2D eigenvalue weighted by atomic mass is 16.2. The Morgan fingerprint density at radius 2 is 2.06 bits per heavy atom. The van der Waals surface area contributed by atoms with Gasteiger partial charge in [-0.25, -0.2) is 0 Å². The van der Waals surface area contributed by atoms with Crippen molar-refractivity contribution in [1.29, 1.82) is 0 Å². The molecule has 1 aromatic rings. The molecule has 1 amide bonds. The molecule has 0 spiro atoms. The molecule has 2 nitrogen and oxygen atoms in total. The standard InChI is InChI=1S/C16H21NO/c1-4-8-14-11-15(12(2)17(3)16(14)18)13-9-6-5-7-10-13/h4-7,9-10,12,14-15H,1,8,11H2,2-3H3. The Balaban J connectivity index is 2.25. The fourth-order valence-corrected chi connectivity index (χ4v) is 2.88. The molecule has 1 aromatic carbocycles. The molecule has 0 aliphatic carbocycles. The van der Waals surface area contributed by atoms with Gasteiger partial charge in [0.05, 0.1) is 0 Å². The highest BCUT2D eigenvalue weighted by molar-refractivity contribution is 5.80. The zero-order valence-corrected chi connectivity index (χ0v) is 11.2. The van der Waals surface area contributed by atoms with Crippen LogP contribution < -0.4 is 0 Å². The minimum absolute atomic E-state index is 0.0916. The zero-order valence-electron chi connectivity index (χ0n) is 11.2. The van der Waals surface area contributed by atoms with E-state index >= 15 is 0 Å². The van der Waals surface area contributed by atoms with Crippen LogP contribution in [0.15, 0.2) is 43.0 Å². The number of amides is 1. The number of rotatable bonds is 3. The van der Waals surface area contributed by atoms with Crippen molar-refractivity contribution in [1.82, 2.24) is 4.90 Å². The molecule has 2 rings (SSSR count). The highest BCUT2D eigenvalue weighted by Gasteiger charge is 2.37. The number of allylic oxidation sites excluding steroid dienone is 1. The van der Waals surface area contributed by atoms with Crippen molar-refractivity contribution in [2.45, 2.75) is 31.7 Å². The van der Waals surface area contributed by atoms with Crippen molar-refractivity contribution in [2.75, 3.05) is 7.05 Å². The van der Waals surface area contributed by atoms with Gasteiger partial charge in [0.25, 0.3) is 0 Å². The predicted octanol–water partition coefficient (Wildman–Crippen LogP) is 3.21. The molecule has 0 aromatic heterocycles. The highest BCUT2D eigenvalue weighted by Crippen LogP contribution is 2.36. The van der Waals surface area contributed by atoms with E-state index in [4.69, 9.17) is 0 Å². The van der Waals surface area contributed by atoms with Crippen LogP contribution in [0.4, 0.5) is 0 Å². The summed E-state index contributed by atoms with van der Waals surface area (Å²) in [4.78, 5) is 14.1. The lowest BCUT2D eigenvalue weighted by Crippen LogP contribution is -2.47. The lowest BCUT2D eigenvalue weighted by molar-refractivity contribution is -0.140. The minimum Gasteiger partial charge on any atom is -0.342 e. The van der Waals surface area contributed by atoms with Crippen LogP contribution in [-0.2, 0) is 4.79 Å². The molecule has 18 heavy (non-hydrogen) atoms.